The average molecular weight is 549 g/mol. The number of hydrogen-bond donors (Lipinski definition) is 2. The fourth-order valence-corrected chi connectivity index (χ4v) is 4.77. The number of hydrogen-bond acceptors (Lipinski definition) is 5. The zero-order valence-electron chi connectivity index (χ0n) is 22.7. The Labute approximate surface area is 244 Å². The van der Waals surface area contributed by atoms with E-state index in [9.17, 15) is 4.79 Å². The van der Waals surface area contributed by atoms with Crippen molar-refractivity contribution in [2.45, 2.75) is 0 Å². The molecular formula is C37H28N2O3. The molecule has 0 unspecified atom stereocenters. The molecule has 0 bridgehead atoms. The summed E-state index contributed by atoms with van der Waals surface area (Å²) in [6.07, 6.45) is 0. The number of benzene rings is 6. The lowest BCUT2D eigenvalue weighted by atomic mass is 9.87. The van der Waals surface area contributed by atoms with E-state index in [2.05, 4.69) is 0 Å². The molecule has 0 aliphatic heterocycles. The lowest BCUT2D eigenvalue weighted by molar-refractivity contribution is 0.103. The third kappa shape index (κ3) is 5.86. The molecule has 0 fully saturated rings. The summed E-state index contributed by atoms with van der Waals surface area (Å²) < 4.78 is 12.0. The summed E-state index contributed by atoms with van der Waals surface area (Å²) in [6.45, 7) is 0. The van der Waals surface area contributed by atoms with E-state index in [1.54, 1.807) is 24.3 Å². The Hall–Kier alpha value is -5.81. The van der Waals surface area contributed by atoms with E-state index in [4.69, 9.17) is 20.9 Å². The zero-order chi connectivity index (χ0) is 28.9. The molecular weight excluding hydrogens is 520 g/mol. The summed E-state index contributed by atoms with van der Waals surface area (Å²) in [7, 11) is 0. The van der Waals surface area contributed by atoms with Crippen molar-refractivity contribution in [3.8, 4) is 45.3 Å². The maximum absolute atomic E-state index is 13.8. The van der Waals surface area contributed by atoms with Crippen LogP contribution in [0.1, 0.15) is 15.9 Å². The fourth-order valence-electron chi connectivity index (χ4n) is 4.77. The van der Waals surface area contributed by atoms with Crippen LogP contribution in [0.3, 0.4) is 0 Å². The summed E-state index contributed by atoms with van der Waals surface area (Å²) >= 11 is 0. The molecule has 42 heavy (non-hydrogen) atoms. The maximum atomic E-state index is 13.8. The third-order valence-corrected chi connectivity index (χ3v) is 6.88. The first-order chi connectivity index (χ1) is 20.5. The largest absolute Gasteiger partial charge is 0.457 e. The SMILES string of the molecule is Nc1ccc(Oc2ccc(-c3cccc(C(=O)c4ccccc4)c3-c3ccc(Oc4ccc(N)cc4)cc3)cc2)cc1. The highest BCUT2D eigenvalue weighted by molar-refractivity contribution is 6.14. The van der Waals surface area contributed by atoms with Crippen LogP contribution in [-0.2, 0) is 0 Å². The molecule has 6 rings (SSSR count). The van der Waals surface area contributed by atoms with Crippen molar-refractivity contribution in [1.82, 2.24) is 0 Å². The van der Waals surface area contributed by atoms with E-state index >= 15 is 0 Å². The number of anilines is 2. The molecule has 0 radical (unpaired) electrons. The summed E-state index contributed by atoms with van der Waals surface area (Å²) in [5.41, 5.74) is 17.8. The van der Waals surface area contributed by atoms with Crippen LogP contribution in [0.2, 0.25) is 0 Å². The molecule has 5 heteroatoms. The van der Waals surface area contributed by atoms with Crippen molar-refractivity contribution < 1.29 is 14.3 Å². The highest BCUT2D eigenvalue weighted by atomic mass is 16.5. The van der Waals surface area contributed by atoms with Crippen LogP contribution in [0.4, 0.5) is 11.4 Å². The van der Waals surface area contributed by atoms with Gasteiger partial charge in [-0.2, -0.15) is 0 Å². The Bertz CT molecular complexity index is 1810. The van der Waals surface area contributed by atoms with Gasteiger partial charge < -0.3 is 20.9 Å². The molecule has 204 valence electrons. The number of carbonyl (C=O) groups excluding carboxylic acids is 1. The van der Waals surface area contributed by atoms with Gasteiger partial charge in [0.25, 0.3) is 0 Å². The maximum Gasteiger partial charge on any atom is 0.193 e. The van der Waals surface area contributed by atoms with E-state index in [1.807, 2.05) is 121 Å². The highest BCUT2D eigenvalue weighted by Gasteiger charge is 2.19. The lowest BCUT2D eigenvalue weighted by Crippen LogP contribution is -2.04. The van der Waals surface area contributed by atoms with Crippen LogP contribution in [0.5, 0.6) is 23.0 Å². The number of carbonyl (C=O) groups is 1. The van der Waals surface area contributed by atoms with Crippen molar-refractivity contribution in [1.29, 1.82) is 0 Å². The molecule has 0 amide bonds. The molecule has 0 aliphatic carbocycles. The normalized spacial score (nSPS) is 10.7. The van der Waals surface area contributed by atoms with Crippen LogP contribution in [-0.4, -0.2) is 5.78 Å². The van der Waals surface area contributed by atoms with Gasteiger partial charge in [0.15, 0.2) is 5.78 Å². The number of ketones is 1. The number of rotatable bonds is 8. The molecule has 6 aromatic rings. The van der Waals surface area contributed by atoms with Gasteiger partial charge >= 0.3 is 0 Å². The summed E-state index contributed by atoms with van der Waals surface area (Å²) in [6, 6.07) is 45.3. The highest BCUT2D eigenvalue weighted by Crippen LogP contribution is 2.38. The number of nitrogen functional groups attached to an aromatic ring is 2. The van der Waals surface area contributed by atoms with E-state index in [0.29, 0.717) is 45.5 Å². The molecule has 0 saturated heterocycles. The average Bonchev–Trinajstić information content (AvgIpc) is 3.04. The van der Waals surface area contributed by atoms with Gasteiger partial charge in [-0.3, -0.25) is 4.79 Å². The first kappa shape index (κ1) is 26.4. The van der Waals surface area contributed by atoms with E-state index < -0.39 is 0 Å². The van der Waals surface area contributed by atoms with Gasteiger partial charge in [-0.1, -0.05) is 72.8 Å². The minimum atomic E-state index is -0.0436. The monoisotopic (exact) mass is 548 g/mol. The smallest absolute Gasteiger partial charge is 0.193 e. The number of nitrogens with two attached hydrogens (primary N) is 2. The molecule has 0 spiro atoms. The van der Waals surface area contributed by atoms with E-state index in [1.165, 1.54) is 0 Å². The molecule has 0 atom stereocenters. The van der Waals surface area contributed by atoms with Crippen molar-refractivity contribution in [2.24, 2.45) is 0 Å². The van der Waals surface area contributed by atoms with Crippen molar-refractivity contribution in [3.63, 3.8) is 0 Å². The zero-order valence-corrected chi connectivity index (χ0v) is 22.7. The minimum Gasteiger partial charge on any atom is -0.457 e. The molecule has 0 heterocycles. The van der Waals surface area contributed by atoms with Crippen molar-refractivity contribution >= 4 is 17.2 Å². The molecule has 0 aromatic heterocycles. The second-order valence-electron chi connectivity index (χ2n) is 9.81. The van der Waals surface area contributed by atoms with Gasteiger partial charge in [-0.05, 0) is 89.5 Å². The standard InChI is InChI=1S/C37H28N2O3/c38-28-13-21-32(22-14-28)41-30-17-9-25(10-18-30)34-7-4-8-35(37(40)27-5-2-1-3-6-27)36(34)26-11-19-31(20-12-26)42-33-23-15-29(39)16-24-33/h1-24H,38-39H2. The minimum absolute atomic E-state index is 0.0436. The van der Waals surface area contributed by atoms with Gasteiger partial charge in [-0.25, -0.2) is 0 Å². The van der Waals surface area contributed by atoms with Crippen molar-refractivity contribution in [3.05, 3.63) is 157 Å². The fraction of sp³-hybridized carbons (Fsp3) is 0. The third-order valence-electron chi connectivity index (χ3n) is 6.88. The predicted molar refractivity (Wildman–Crippen MR) is 169 cm³/mol. The summed E-state index contributed by atoms with van der Waals surface area (Å²) in [4.78, 5) is 13.8. The van der Waals surface area contributed by atoms with E-state index in [0.717, 1.165) is 22.3 Å². The van der Waals surface area contributed by atoms with Gasteiger partial charge in [-0.15, -0.1) is 0 Å². The Kier molecular flexibility index (Phi) is 7.38. The molecule has 6 aromatic carbocycles. The first-order valence-electron chi connectivity index (χ1n) is 13.5. The Morgan fingerprint density at radius 2 is 0.905 bits per heavy atom. The van der Waals surface area contributed by atoms with Crippen LogP contribution in [0, 0.1) is 0 Å². The van der Waals surface area contributed by atoms with E-state index in [-0.39, 0.29) is 5.78 Å². The molecule has 0 saturated carbocycles. The Morgan fingerprint density at radius 1 is 0.452 bits per heavy atom. The molecule has 4 N–H and O–H groups in total. The molecule has 5 nitrogen and oxygen atoms in total. The van der Waals surface area contributed by atoms with Crippen LogP contribution >= 0.6 is 0 Å². The number of ether oxygens (including phenoxy) is 2. The van der Waals surface area contributed by atoms with Crippen LogP contribution < -0.4 is 20.9 Å². The summed E-state index contributed by atoms with van der Waals surface area (Å²) in [5.74, 6) is 2.73. The van der Waals surface area contributed by atoms with Crippen molar-refractivity contribution in [2.75, 3.05) is 11.5 Å². The lowest BCUT2D eigenvalue weighted by Gasteiger charge is -2.16. The van der Waals surface area contributed by atoms with Gasteiger partial charge in [0, 0.05) is 28.1 Å². The van der Waals surface area contributed by atoms with Crippen LogP contribution in [0.25, 0.3) is 22.3 Å². The topological polar surface area (TPSA) is 87.6 Å². The van der Waals surface area contributed by atoms with Gasteiger partial charge in [0.05, 0.1) is 0 Å². The van der Waals surface area contributed by atoms with Gasteiger partial charge in [0.1, 0.15) is 23.0 Å². The first-order valence-corrected chi connectivity index (χ1v) is 13.5. The predicted octanol–water partition coefficient (Wildman–Crippen LogP) is 9.00. The Morgan fingerprint density at radius 3 is 1.40 bits per heavy atom. The quantitative estimate of drug-likeness (QED) is 0.146. The van der Waals surface area contributed by atoms with Gasteiger partial charge in [0.2, 0.25) is 0 Å². The second-order valence-corrected chi connectivity index (χ2v) is 9.81. The summed E-state index contributed by atoms with van der Waals surface area (Å²) in [5, 5.41) is 0. The molecule has 0 aliphatic rings. The Balaban J connectivity index is 1.37. The van der Waals surface area contributed by atoms with Crippen LogP contribution in [0.15, 0.2) is 146 Å². The second kappa shape index (κ2) is 11.7.